The van der Waals surface area contributed by atoms with E-state index in [1.807, 2.05) is 103 Å². The van der Waals surface area contributed by atoms with Crippen molar-refractivity contribution < 1.29 is 14.3 Å². The number of unbranched alkanes of at least 4 members (excludes halogenated alkanes) is 3. The number of rotatable bonds is 11. The van der Waals surface area contributed by atoms with Crippen molar-refractivity contribution in [1.29, 1.82) is 5.26 Å². The van der Waals surface area contributed by atoms with E-state index in [1.54, 1.807) is 7.11 Å². The molecule has 6 heteroatoms. The van der Waals surface area contributed by atoms with Crippen LogP contribution in [0.5, 0.6) is 5.75 Å². The number of carbonyl (C=O) groups is 2. The number of nitriles is 1. The third kappa shape index (κ3) is 6.73. The number of amides is 2. The van der Waals surface area contributed by atoms with Crippen LogP contribution in [-0.4, -0.2) is 25.5 Å². The Morgan fingerprint density at radius 1 is 0.867 bits per heavy atom. The monoisotopic (exact) mass is 595 g/mol. The van der Waals surface area contributed by atoms with Crippen LogP contribution >= 0.6 is 0 Å². The Labute approximate surface area is 265 Å². The molecule has 2 amide bonds. The summed E-state index contributed by atoms with van der Waals surface area (Å²) in [6, 6.07) is 35.0. The first-order valence-corrected chi connectivity index (χ1v) is 15.3. The van der Waals surface area contributed by atoms with Gasteiger partial charge in [-0.15, -0.1) is 0 Å². The fourth-order valence-electron chi connectivity index (χ4n) is 5.72. The first-order chi connectivity index (χ1) is 22.0. The fraction of sp³-hybridized carbons (Fsp3) is 0.205. The molecule has 4 aromatic carbocycles. The lowest BCUT2D eigenvalue weighted by Gasteiger charge is -2.29. The number of anilines is 2. The highest BCUT2D eigenvalue weighted by molar-refractivity contribution is 6.44. The Kier molecular flexibility index (Phi) is 9.91. The summed E-state index contributed by atoms with van der Waals surface area (Å²) in [6.45, 7) is 4.35. The molecule has 0 unspecified atom stereocenters. The third-order valence-electron chi connectivity index (χ3n) is 8.00. The van der Waals surface area contributed by atoms with Gasteiger partial charge >= 0.3 is 0 Å². The maximum atomic E-state index is 14.1. The van der Waals surface area contributed by atoms with Crippen molar-refractivity contribution in [1.82, 2.24) is 0 Å². The molecule has 226 valence electrons. The van der Waals surface area contributed by atoms with Crippen LogP contribution in [0.4, 0.5) is 11.4 Å². The van der Waals surface area contributed by atoms with E-state index >= 15 is 0 Å². The van der Waals surface area contributed by atoms with Crippen molar-refractivity contribution in [3.05, 3.63) is 131 Å². The van der Waals surface area contributed by atoms with Crippen molar-refractivity contribution in [3.63, 3.8) is 0 Å². The second kappa shape index (κ2) is 14.4. The summed E-state index contributed by atoms with van der Waals surface area (Å²) < 4.78 is 5.46. The van der Waals surface area contributed by atoms with Crippen LogP contribution in [0, 0.1) is 11.3 Å². The molecule has 1 heterocycles. The first kappa shape index (κ1) is 31.0. The van der Waals surface area contributed by atoms with E-state index in [0.29, 0.717) is 28.0 Å². The van der Waals surface area contributed by atoms with Crippen molar-refractivity contribution in [2.75, 3.05) is 23.5 Å². The van der Waals surface area contributed by atoms with Gasteiger partial charge in [0.05, 0.1) is 30.0 Å². The lowest BCUT2D eigenvalue weighted by Crippen LogP contribution is -2.31. The smallest absolute Gasteiger partial charge is 0.266 e. The molecule has 0 atom stereocenters. The predicted molar refractivity (Wildman–Crippen MR) is 181 cm³/mol. The summed E-state index contributed by atoms with van der Waals surface area (Å²) in [6.07, 6.45) is 6.37. The number of hydrogen-bond acceptors (Lipinski definition) is 5. The van der Waals surface area contributed by atoms with E-state index in [0.717, 1.165) is 60.5 Å². The third-order valence-corrected chi connectivity index (χ3v) is 8.00. The van der Waals surface area contributed by atoms with E-state index in [2.05, 4.69) is 24.0 Å². The van der Waals surface area contributed by atoms with Crippen LogP contribution < -0.4 is 14.5 Å². The Morgan fingerprint density at radius 2 is 1.56 bits per heavy atom. The Morgan fingerprint density at radius 3 is 2.20 bits per heavy atom. The van der Waals surface area contributed by atoms with E-state index in [-0.39, 0.29) is 11.8 Å². The van der Waals surface area contributed by atoms with Gasteiger partial charge in [0, 0.05) is 30.4 Å². The van der Waals surface area contributed by atoms with Crippen LogP contribution in [-0.2, 0) is 9.59 Å². The molecule has 1 aliphatic heterocycles. The molecule has 0 spiro atoms. The van der Waals surface area contributed by atoms with Crippen LogP contribution in [0.2, 0.25) is 0 Å². The molecule has 1 aliphatic rings. The fourth-order valence-corrected chi connectivity index (χ4v) is 5.72. The molecule has 0 aliphatic carbocycles. The van der Waals surface area contributed by atoms with Crippen LogP contribution in [0.1, 0.15) is 61.8 Å². The Hall–Kier alpha value is -5.41. The molecule has 0 saturated heterocycles. The zero-order valence-electron chi connectivity index (χ0n) is 26.0. The lowest BCUT2D eigenvalue weighted by molar-refractivity contribution is -0.122. The van der Waals surface area contributed by atoms with Crippen molar-refractivity contribution >= 4 is 40.0 Å². The molecule has 0 fully saturated rings. The minimum atomic E-state index is -0.350. The SMILES string of the molecule is CCCCCCN(/C(=C/C(=C1\C(=O)N(C(C)=O)c2ccccc21)c1ccccc1)c1ccc(C#N)cc1)c1ccc(OC)cc1. The zero-order chi connectivity index (χ0) is 31.8. The number of para-hydroxylation sites is 1. The molecule has 6 nitrogen and oxygen atoms in total. The number of fused-ring (bicyclic) bond motifs is 1. The normalized spacial score (nSPS) is 13.7. The van der Waals surface area contributed by atoms with Gasteiger partial charge in [0.25, 0.3) is 5.91 Å². The maximum absolute atomic E-state index is 14.1. The number of allylic oxidation sites excluding steroid dienone is 2. The molecule has 0 radical (unpaired) electrons. The second-order valence-corrected chi connectivity index (χ2v) is 11.0. The van der Waals surface area contributed by atoms with Crippen molar-refractivity contribution in [2.24, 2.45) is 0 Å². The maximum Gasteiger partial charge on any atom is 0.266 e. The van der Waals surface area contributed by atoms with Gasteiger partial charge in [-0.2, -0.15) is 5.26 Å². The highest BCUT2D eigenvalue weighted by Gasteiger charge is 2.37. The summed E-state index contributed by atoms with van der Waals surface area (Å²) in [5, 5.41) is 9.54. The summed E-state index contributed by atoms with van der Waals surface area (Å²) in [5.41, 5.74) is 6.65. The molecule has 4 aromatic rings. The Bertz CT molecular complexity index is 1770. The molecule has 0 bridgehead atoms. The number of nitrogens with zero attached hydrogens (tertiary/aromatic N) is 3. The second-order valence-electron chi connectivity index (χ2n) is 11.0. The number of methoxy groups -OCH3 is 1. The van der Waals surface area contributed by atoms with Gasteiger partial charge < -0.3 is 9.64 Å². The molecule has 0 N–H and O–H groups in total. The number of imide groups is 1. The minimum Gasteiger partial charge on any atom is -0.497 e. The van der Waals surface area contributed by atoms with E-state index in [9.17, 15) is 14.9 Å². The topological polar surface area (TPSA) is 73.6 Å². The highest BCUT2D eigenvalue weighted by Crippen LogP contribution is 2.43. The van der Waals surface area contributed by atoms with E-state index in [1.165, 1.54) is 11.8 Å². The van der Waals surface area contributed by atoms with Crippen LogP contribution in [0.25, 0.3) is 16.8 Å². The molecule has 0 aromatic heterocycles. The van der Waals surface area contributed by atoms with Gasteiger partial charge in [0.2, 0.25) is 5.91 Å². The molecular weight excluding hydrogens is 558 g/mol. The molecule has 5 rings (SSSR count). The van der Waals surface area contributed by atoms with Crippen molar-refractivity contribution in [2.45, 2.75) is 39.5 Å². The quantitative estimate of drug-likeness (QED) is 0.128. The average molecular weight is 596 g/mol. The summed E-state index contributed by atoms with van der Waals surface area (Å²) >= 11 is 0. The summed E-state index contributed by atoms with van der Waals surface area (Å²) in [4.78, 5) is 30.4. The standard InChI is InChI=1S/C39H37N3O3/c1-4-5-6-12-25-41(32-21-23-33(45-3)24-22-32)37(31-19-17-29(27-40)18-20-31)26-35(30-13-8-7-9-14-30)38-34-15-10-11-16-36(34)42(28(2)43)39(38)44/h7-11,13-24,26H,4-6,12,25H2,1-3H3/b37-26+,38-35+. The zero-order valence-corrected chi connectivity index (χ0v) is 26.0. The number of hydrogen-bond donors (Lipinski definition) is 0. The van der Waals surface area contributed by atoms with Gasteiger partial charge in [0.1, 0.15) is 5.75 Å². The van der Waals surface area contributed by atoms with Crippen LogP contribution in [0.3, 0.4) is 0 Å². The molecule has 0 saturated carbocycles. The lowest BCUT2D eigenvalue weighted by atomic mass is 9.93. The predicted octanol–water partition coefficient (Wildman–Crippen LogP) is 8.50. The largest absolute Gasteiger partial charge is 0.497 e. The highest BCUT2D eigenvalue weighted by atomic mass is 16.5. The number of carbonyl (C=O) groups excluding carboxylic acids is 2. The molecule has 45 heavy (non-hydrogen) atoms. The van der Waals surface area contributed by atoms with Gasteiger partial charge in [-0.1, -0.05) is 86.8 Å². The van der Waals surface area contributed by atoms with Gasteiger partial charge in [-0.3, -0.25) is 9.59 Å². The van der Waals surface area contributed by atoms with Crippen LogP contribution in [0.15, 0.2) is 109 Å². The average Bonchev–Trinajstić information content (AvgIpc) is 3.38. The van der Waals surface area contributed by atoms with Crippen molar-refractivity contribution in [3.8, 4) is 11.8 Å². The van der Waals surface area contributed by atoms with E-state index in [4.69, 9.17) is 4.74 Å². The van der Waals surface area contributed by atoms with Gasteiger partial charge in [-0.25, -0.2) is 4.90 Å². The molecular formula is C39H37N3O3. The number of ether oxygens (including phenoxy) is 1. The summed E-state index contributed by atoms with van der Waals surface area (Å²) in [7, 11) is 1.65. The van der Waals surface area contributed by atoms with E-state index < -0.39 is 0 Å². The Balaban J connectivity index is 1.80. The van der Waals surface area contributed by atoms with Gasteiger partial charge in [0.15, 0.2) is 0 Å². The minimum absolute atomic E-state index is 0.332. The van der Waals surface area contributed by atoms with Gasteiger partial charge in [-0.05, 0) is 71.7 Å². The summed E-state index contributed by atoms with van der Waals surface area (Å²) in [5.74, 6) is 0.0806. The first-order valence-electron chi connectivity index (χ1n) is 15.3. The number of benzene rings is 4.